The number of amides is 4. The van der Waals surface area contributed by atoms with Crippen molar-refractivity contribution < 1.29 is 36.7 Å². The zero-order chi connectivity index (χ0) is 29.4. The molecule has 1 saturated heterocycles. The van der Waals surface area contributed by atoms with E-state index in [4.69, 9.17) is 10.5 Å². The van der Waals surface area contributed by atoms with Gasteiger partial charge in [0.15, 0.2) is 11.6 Å². The quantitative estimate of drug-likeness (QED) is 0.127. The van der Waals surface area contributed by atoms with Crippen LogP contribution < -0.4 is 42.3 Å². The lowest BCUT2D eigenvalue weighted by molar-refractivity contribution is -0.132. The molecule has 3 rings (SSSR count). The van der Waals surface area contributed by atoms with Crippen LogP contribution in [0.2, 0.25) is 0 Å². The zero-order valence-electron chi connectivity index (χ0n) is 22.0. The maximum Gasteiger partial charge on any atom is 0.414 e. The summed E-state index contributed by atoms with van der Waals surface area (Å²) in [5.41, 5.74) is 10.5. The van der Waals surface area contributed by atoms with Crippen LogP contribution in [0.25, 0.3) is 0 Å². The van der Waals surface area contributed by atoms with E-state index in [1.54, 1.807) is 0 Å². The number of nitrogens with zero attached hydrogens (tertiary/aromatic N) is 3. The SMILES string of the molecule is CCCN(CCNNC(=O)NC1=NC[C@H](C)C(N)N1)c1c(F)cc(N2C[C@H](CNC(=O)C(F)F)OC2=O)cc1F. The predicted octanol–water partition coefficient (Wildman–Crippen LogP) is 0.572. The van der Waals surface area contributed by atoms with Gasteiger partial charge in [-0.05, 0) is 6.42 Å². The molecule has 7 N–H and O–H groups in total. The van der Waals surface area contributed by atoms with E-state index >= 15 is 8.78 Å². The summed E-state index contributed by atoms with van der Waals surface area (Å²) in [6, 6.07) is 1.32. The number of urea groups is 1. The normalized spacial score (nSPS) is 20.5. The van der Waals surface area contributed by atoms with Gasteiger partial charge in [0.1, 0.15) is 11.8 Å². The molecule has 0 radical (unpaired) electrons. The standard InChI is InChI=1S/C23H33F4N9O4/c1-3-5-35(6-4-31-34-22(38)33-21-30-9-12(2)19(28)32-21)17-15(24)7-13(8-16(17)25)36-11-14(40-23(36)39)10-29-20(37)18(26)27/h7-8,12,14,18-19,31H,3-6,9-11,28H2,1-2H3,(H,29,37)(H3,30,32,33,34,38)/t12-,14-,19?/m0/s1. The fourth-order valence-corrected chi connectivity index (χ4v) is 3.99. The number of cyclic esters (lactones) is 1. The Morgan fingerprint density at radius 3 is 2.60 bits per heavy atom. The van der Waals surface area contributed by atoms with Crippen molar-refractivity contribution in [1.29, 1.82) is 0 Å². The van der Waals surface area contributed by atoms with Crippen LogP contribution in [0.4, 0.5) is 38.5 Å². The van der Waals surface area contributed by atoms with E-state index in [0.29, 0.717) is 13.0 Å². The summed E-state index contributed by atoms with van der Waals surface area (Å²) in [4.78, 5) is 41.9. The molecule has 1 unspecified atom stereocenters. The van der Waals surface area contributed by atoms with Crippen molar-refractivity contribution in [2.75, 3.05) is 49.1 Å². The fraction of sp³-hybridized carbons (Fsp3) is 0.565. The van der Waals surface area contributed by atoms with E-state index in [9.17, 15) is 23.2 Å². The molecule has 222 valence electrons. The van der Waals surface area contributed by atoms with Crippen LogP contribution in [0, 0.1) is 17.6 Å². The van der Waals surface area contributed by atoms with Gasteiger partial charge in [0.2, 0.25) is 5.96 Å². The smallest absolute Gasteiger partial charge is 0.414 e. The molecular formula is C23H33F4N9O4. The lowest BCUT2D eigenvalue weighted by atomic mass is 10.1. The topological polar surface area (TPSA) is 165 Å². The summed E-state index contributed by atoms with van der Waals surface area (Å²) in [6.07, 6.45) is -4.93. The predicted molar refractivity (Wildman–Crippen MR) is 138 cm³/mol. The second kappa shape index (κ2) is 14.0. The third kappa shape index (κ3) is 8.08. The van der Waals surface area contributed by atoms with Crippen LogP contribution in [0.5, 0.6) is 0 Å². The van der Waals surface area contributed by atoms with Gasteiger partial charge in [0, 0.05) is 44.2 Å². The van der Waals surface area contributed by atoms with Crippen LogP contribution in [0.1, 0.15) is 20.3 Å². The summed E-state index contributed by atoms with van der Waals surface area (Å²) in [5.74, 6) is -3.06. The first-order valence-corrected chi connectivity index (χ1v) is 12.6. The number of hydrazine groups is 1. The van der Waals surface area contributed by atoms with Gasteiger partial charge in [-0.2, -0.15) is 8.78 Å². The molecule has 1 aromatic carbocycles. The van der Waals surface area contributed by atoms with Crippen molar-refractivity contribution >= 4 is 35.4 Å². The molecule has 2 aliphatic rings. The number of anilines is 2. The van der Waals surface area contributed by atoms with Gasteiger partial charge in [-0.1, -0.05) is 13.8 Å². The second-order valence-corrected chi connectivity index (χ2v) is 9.25. The van der Waals surface area contributed by atoms with Crippen LogP contribution in [0.3, 0.4) is 0 Å². The Labute approximate surface area is 227 Å². The molecular weight excluding hydrogens is 542 g/mol. The second-order valence-electron chi connectivity index (χ2n) is 9.25. The third-order valence-electron chi connectivity index (χ3n) is 6.09. The number of halogens is 4. The molecule has 0 spiro atoms. The number of ether oxygens (including phenoxy) is 1. The highest BCUT2D eigenvalue weighted by atomic mass is 19.3. The van der Waals surface area contributed by atoms with Gasteiger partial charge in [0.05, 0.1) is 24.9 Å². The number of alkyl halides is 2. The van der Waals surface area contributed by atoms with Gasteiger partial charge in [0.25, 0.3) is 5.91 Å². The Morgan fingerprint density at radius 2 is 1.98 bits per heavy atom. The number of nitrogens with one attached hydrogen (secondary N) is 5. The molecule has 0 bridgehead atoms. The minimum atomic E-state index is -3.23. The molecule has 3 atom stereocenters. The number of carbonyl (C=O) groups excluding carboxylic acids is 3. The molecule has 1 fully saturated rings. The van der Waals surface area contributed by atoms with Gasteiger partial charge in [-0.25, -0.2) is 23.8 Å². The Hall–Kier alpha value is -3.86. The van der Waals surface area contributed by atoms with Crippen LogP contribution >= 0.6 is 0 Å². The monoisotopic (exact) mass is 575 g/mol. The van der Waals surface area contributed by atoms with Gasteiger partial charge < -0.3 is 26.0 Å². The number of carbonyl (C=O) groups is 3. The van der Waals surface area contributed by atoms with Crippen LogP contribution in [-0.2, 0) is 9.53 Å². The largest absolute Gasteiger partial charge is 0.442 e. The van der Waals surface area contributed by atoms with E-state index in [2.05, 4.69) is 26.5 Å². The van der Waals surface area contributed by atoms with Crippen molar-refractivity contribution in [3.05, 3.63) is 23.8 Å². The van der Waals surface area contributed by atoms with Crippen molar-refractivity contribution in [3.63, 3.8) is 0 Å². The van der Waals surface area contributed by atoms with E-state index in [0.717, 1.165) is 17.0 Å². The van der Waals surface area contributed by atoms with E-state index < -0.39 is 42.2 Å². The lowest BCUT2D eigenvalue weighted by Gasteiger charge is -2.27. The lowest BCUT2D eigenvalue weighted by Crippen LogP contribution is -2.58. The van der Waals surface area contributed by atoms with Gasteiger partial charge in [-0.15, -0.1) is 0 Å². The molecule has 4 amide bonds. The Morgan fingerprint density at radius 1 is 1.27 bits per heavy atom. The number of hydrogen-bond donors (Lipinski definition) is 6. The minimum absolute atomic E-state index is 0.112. The average Bonchev–Trinajstić information content (AvgIpc) is 3.27. The molecule has 0 aliphatic carbocycles. The average molecular weight is 576 g/mol. The minimum Gasteiger partial charge on any atom is -0.442 e. The highest BCUT2D eigenvalue weighted by Crippen LogP contribution is 2.31. The van der Waals surface area contributed by atoms with Crippen LogP contribution in [0.15, 0.2) is 17.1 Å². The zero-order valence-corrected chi connectivity index (χ0v) is 22.0. The highest BCUT2D eigenvalue weighted by Gasteiger charge is 2.34. The molecule has 40 heavy (non-hydrogen) atoms. The summed E-state index contributed by atoms with van der Waals surface area (Å²) >= 11 is 0. The summed E-state index contributed by atoms with van der Waals surface area (Å²) in [6.45, 7) is 4.14. The van der Waals surface area contributed by atoms with Crippen LogP contribution in [-0.4, -0.2) is 82.0 Å². The third-order valence-corrected chi connectivity index (χ3v) is 6.09. The summed E-state index contributed by atoms with van der Waals surface area (Å²) in [5, 5.41) is 7.30. The number of rotatable bonds is 11. The molecule has 1 aromatic rings. The first kappa shape index (κ1) is 30.7. The molecule has 0 aromatic heterocycles. The molecule has 0 saturated carbocycles. The van der Waals surface area contributed by atoms with Crippen molar-refractivity contribution in [1.82, 2.24) is 26.8 Å². The molecule has 2 aliphatic heterocycles. The van der Waals surface area contributed by atoms with Crippen molar-refractivity contribution in [2.24, 2.45) is 16.6 Å². The molecule has 13 nitrogen and oxygen atoms in total. The summed E-state index contributed by atoms with van der Waals surface area (Å²) < 4.78 is 60.0. The van der Waals surface area contributed by atoms with E-state index in [1.807, 2.05) is 19.2 Å². The molecule has 17 heteroatoms. The van der Waals surface area contributed by atoms with Crippen molar-refractivity contribution in [2.45, 2.75) is 39.0 Å². The maximum atomic E-state index is 15.1. The van der Waals surface area contributed by atoms with E-state index in [-0.39, 0.29) is 62.1 Å². The van der Waals surface area contributed by atoms with Gasteiger partial charge >= 0.3 is 18.5 Å². The number of nitrogens with two attached hydrogens (primary N) is 1. The van der Waals surface area contributed by atoms with Gasteiger partial charge in [-0.3, -0.25) is 25.4 Å². The summed E-state index contributed by atoms with van der Waals surface area (Å²) in [7, 11) is 0. The number of hydrogen-bond acceptors (Lipinski definition) is 9. The number of aliphatic imine (C=N–C) groups is 1. The Bertz CT molecular complexity index is 1090. The van der Waals surface area contributed by atoms with E-state index in [1.165, 1.54) is 4.90 Å². The highest BCUT2D eigenvalue weighted by molar-refractivity contribution is 5.96. The first-order valence-electron chi connectivity index (χ1n) is 12.6. The Kier molecular flexibility index (Phi) is 10.7. The maximum absolute atomic E-state index is 15.1. The van der Waals surface area contributed by atoms with Crippen molar-refractivity contribution in [3.8, 4) is 0 Å². The fourth-order valence-electron chi connectivity index (χ4n) is 3.99. The first-order chi connectivity index (χ1) is 19.0. The Balaban J connectivity index is 1.56. The number of guanidine groups is 1. The molecule has 2 heterocycles. The number of benzene rings is 1.